The minimum absolute atomic E-state index is 0.190. The molecule has 128 valence electrons. The molecule has 0 fully saturated rings. The maximum Gasteiger partial charge on any atom is 0.251 e. The molecule has 6 heteroatoms. The fraction of sp³-hybridized carbons (Fsp3) is 0.333. The first-order chi connectivity index (χ1) is 11.6. The van der Waals surface area contributed by atoms with Crippen LogP contribution in [0.3, 0.4) is 0 Å². The molecule has 0 unspecified atom stereocenters. The number of rotatable bonds is 8. The second-order valence-electron chi connectivity index (χ2n) is 5.76. The van der Waals surface area contributed by atoms with Crippen LogP contribution in [-0.4, -0.2) is 49.5 Å². The lowest BCUT2D eigenvalue weighted by Gasteiger charge is -2.11. The highest BCUT2D eigenvalue weighted by Gasteiger charge is 2.07. The quantitative estimate of drug-likeness (QED) is 0.779. The predicted molar refractivity (Wildman–Crippen MR) is 93.7 cm³/mol. The van der Waals surface area contributed by atoms with E-state index in [4.69, 9.17) is 0 Å². The molecule has 0 saturated carbocycles. The summed E-state index contributed by atoms with van der Waals surface area (Å²) in [4.78, 5) is 18.4. The Morgan fingerprint density at radius 2 is 2.00 bits per heavy atom. The van der Waals surface area contributed by atoms with E-state index in [2.05, 4.69) is 20.5 Å². The molecule has 0 spiro atoms. The number of carbonyl (C=O) groups is 1. The van der Waals surface area contributed by atoms with Crippen molar-refractivity contribution < 1.29 is 9.18 Å². The SMILES string of the molecule is CN(C)CCNc1cc(C(=O)NCCc2ccccc2F)ccn1. The summed E-state index contributed by atoms with van der Waals surface area (Å²) in [5.41, 5.74) is 1.13. The smallest absolute Gasteiger partial charge is 0.251 e. The highest BCUT2D eigenvalue weighted by Crippen LogP contribution is 2.08. The van der Waals surface area contributed by atoms with E-state index < -0.39 is 0 Å². The maximum atomic E-state index is 13.5. The second kappa shape index (κ2) is 8.98. The fourth-order valence-corrected chi connectivity index (χ4v) is 2.19. The summed E-state index contributed by atoms with van der Waals surface area (Å²) in [7, 11) is 3.99. The number of aromatic nitrogens is 1. The van der Waals surface area contributed by atoms with Gasteiger partial charge in [-0.2, -0.15) is 0 Å². The third-order valence-corrected chi connectivity index (χ3v) is 3.52. The van der Waals surface area contributed by atoms with Gasteiger partial charge in [-0.1, -0.05) is 18.2 Å². The normalized spacial score (nSPS) is 10.7. The van der Waals surface area contributed by atoms with Gasteiger partial charge >= 0.3 is 0 Å². The highest BCUT2D eigenvalue weighted by molar-refractivity contribution is 5.94. The number of hydrogen-bond donors (Lipinski definition) is 2. The molecule has 0 aliphatic rings. The largest absolute Gasteiger partial charge is 0.369 e. The lowest BCUT2D eigenvalue weighted by Crippen LogP contribution is -2.26. The molecule has 0 atom stereocenters. The summed E-state index contributed by atoms with van der Waals surface area (Å²) in [5.74, 6) is 0.228. The third kappa shape index (κ3) is 5.62. The van der Waals surface area contributed by atoms with Crippen LogP contribution in [0, 0.1) is 5.82 Å². The molecule has 0 bridgehead atoms. The Morgan fingerprint density at radius 1 is 1.21 bits per heavy atom. The third-order valence-electron chi connectivity index (χ3n) is 3.52. The van der Waals surface area contributed by atoms with Crippen molar-refractivity contribution >= 4 is 11.7 Å². The Labute approximate surface area is 141 Å². The Kier molecular flexibility index (Phi) is 6.69. The topological polar surface area (TPSA) is 57.3 Å². The number of likely N-dealkylation sites (N-methyl/N-ethyl adjacent to an activating group) is 1. The van der Waals surface area contributed by atoms with Gasteiger partial charge < -0.3 is 15.5 Å². The van der Waals surface area contributed by atoms with Crippen LogP contribution in [0.2, 0.25) is 0 Å². The number of anilines is 1. The standard InChI is InChI=1S/C18H23FN4O/c1-23(2)12-11-21-17-13-15(8-9-20-17)18(24)22-10-7-14-5-3-4-6-16(14)19/h3-6,8-9,13H,7,10-12H2,1-2H3,(H,20,21)(H,22,24). The van der Waals surface area contributed by atoms with Crippen molar-refractivity contribution in [3.05, 3.63) is 59.5 Å². The van der Waals surface area contributed by atoms with Gasteiger partial charge in [-0.25, -0.2) is 9.37 Å². The van der Waals surface area contributed by atoms with E-state index in [9.17, 15) is 9.18 Å². The Balaban J connectivity index is 1.84. The van der Waals surface area contributed by atoms with Crippen molar-refractivity contribution in [2.75, 3.05) is 39.0 Å². The van der Waals surface area contributed by atoms with Gasteiger partial charge in [0.15, 0.2) is 0 Å². The molecule has 0 radical (unpaired) electrons. The second-order valence-corrected chi connectivity index (χ2v) is 5.76. The summed E-state index contributed by atoms with van der Waals surface area (Å²) in [6, 6.07) is 9.96. The van der Waals surface area contributed by atoms with Crippen LogP contribution >= 0.6 is 0 Å². The Hall–Kier alpha value is -2.47. The van der Waals surface area contributed by atoms with Gasteiger partial charge in [0.05, 0.1) is 0 Å². The summed E-state index contributed by atoms with van der Waals surface area (Å²) in [5, 5.41) is 5.99. The molecule has 0 saturated heterocycles. The first-order valence-electron chi connectivity index (χ1n) is 7.92. The van der Waals surface area contributed by atoms with E-state index in [-0.39, 0.29) is 11.7 Å². The van der Waals surface area contributed by atoms with Gasteiger partial charge in [0.1, 0.15) is 11.6 Å². The summed E-state index contributed by atoms with van der Waals surface area (Å²) in [6.45, 7) is 2.00. The molecule has 1 aromatic heterocycles. The van der Waals surface area contributed by atoms with Crippen LogP contribution in [-0.2, 0) is 6.42 Å². The van der Waals surface area contributed by atoms with Crippen molar-refractivity contribution in [3.8, 4) is 0 Å². The zero-order valence-corrected chi connectivity index (χ0v) is 14.1. The van der Waals surface area contributed by atoms with Gasteiger partial charge in [-0.3, -0.25) is 4.79 Å². The zero-order valence-electron chi connectivity index (χ0n) is 14.1. The fourth-order valence-electron chi connectivity index (χ4n) is 2.19. The maximum absolute atomic E-state index is 13.5. The molecular formula is C18H23FN4O. The van der Waals surface area contributed by atoms with Crippen molar-refractivity contribution in [2.24, 2.45) is 0 Å². The van der Waals surface area contributed by atoms with Crippen LogP contribution in [0.15, 0.2) is 42.6 Å². The number of nitrogens with zero attached hydrogens (tertiary/aromatic N) is 2. The predicted octanol–water partition coefficient (Wildman–Crippen LogP) is 2.17. The minimum atomic E-state index is -0.247. The first kappa shape index (κ1) is 17.9. The van der Waals surface area contributed by atoms with Crippen LogP contribution in [0.5, 0.6) is 0 Å². The molecule has 1 heterocycles. The average Bonchev–Trinajstić information content (AvgIpc) is 2.56. The molecule has 2 rings (SSSR count). The van der Waals surface area contributed by atoms with E-state index in [0.717, 1.165) is 13.1 Å². The molecule has 1 aromatic carbocycles. The number of amides is 1. The van der Waals surface area contributed by atoms with Gasteiger partial charge in [-0.15, -0.1) is 0 Å². The van der Waals surface area contributed by atoms with E-state index in [0.29, 0.717) is 29.9 Å². The number of benzene rings is 1. The minimum Gasteiger partial charge on any atom is -0.369 e. The molecule has 24 heavy (non-hydrogen) atoms. The molecule has 0 aliphatic carbocycles. The van der Waals surface area contributed by atoms with E-state index in [1.165, 1.54) is 6.07 Å². The molecule has 5 nitrogen and oxygen atoms in total. The van der Waals surface area contributed by atoms with Gasteiger partial charge in [-0.05, 0) is 44.3 Å². The highest BCUT2D eigenvalue weighted by atomic mass is 19.1. The molecule has 0 aliphatic heterocycles. The van der Waals surface area contributed by atoms with E-state index in [1.807, 2.05) is 14.1 Å². The molecule has 2 aromatic rings. The van der Waals surface area contributed by atoms with Crippen LogP contribution in [0.4, 0.5) is 10.2 Å². The monoisotopic (exact) mass is 330 g/mol. The summed E-state index contributed by atoms with van der Waals surface area (Å²) < 4.78 is 13.5. The number of nitrogens with one attached hydrogen (secondary N) is 2. The zero-order chi connectivity index (χ0) is 17.4. The molecular weight excluding hydrogens is 307 g/mol. The van der Waals surface area contributed by atoms with Crippen LogP contribution in [0.25, 0.3) is 0 Å². The average molecular weight is 330 g/mol. The van der Waals surface area contributed by atoms with Crippen molar-refractivity contribution in [1.29, 1.82) is 0 Å². The van der Waals surface area contributed by atoms with Crippen molar-refractivity contribution in [1.82, 2.24) is 15.2 Å². The number of carbonyl (C=O) groups excluding carboxylic acids is 1. The van der Waals surface area contributed by atoms with Gasteiger partial charge in [0, 0.05) is 31.4 Å². The number of halogens is 1. The van der Waals surface area contributed by atoms with E-state index >= 15 is 0 Å². The summed E-state index contributed by atoms with van der Waals surface area (Å²) >= 11 is 0. The van der Waals surface area contributed by atoms with Crippen LogP contribution < -0.4 is 10.6 Å². The lowest BCUT2D eigenvalue weighted by molar-refractivity contribution is 0.0954. The lowest BCUT2D eigenvalue weighted by atomic mass is 10.1. The van der Waals surface area contributed by atoms with E-state index in [1.54, 1.807) is 36.5 Å². The Morgan fingerprint density at radius 3 is 2.75 bits per heavy atom. The van der Waals surface area contributed by atoms with Crippen molar-refractivity contribution in [3.63, 3.8) is 0 Å². The summed E-state index contributed by atoms with van der Waals surface area (Å²) in [6.07, 6.45) is 2.06. The van der Waals surface area contributed by atoms with Crippen molar-refractivity contribution in [2.45, 2.75) is 6.42 Å². The van der Waals surface area contributed by atoms with Gasteiger partial charge in [0.2, 0.25) is 0 Å². The Bertz CT molecular complexity index is 676. The van der Waals surface area contributed by atoms with Crippen LogP contribution in [0.1, 0.15) is 15.9 Å². The first-order valence-corrected chi connectivity index (χ1v) is 7.92. The van der Waals surface area contributed by atoms with Gasteiger partial charge in [0.25, 0.3) is 5.91 Å². The molecule has 2 N–H and O–H groups in total. The molecule has 1 amide bonds. The number of hydrogen-bond acceptors (Lipinski definition) is 4. The number of pyridine rings is 1.